The van der Waals surface area contributed by atoms with Gasteiger partial charge in [0.25, 0.3) is 10.2 Å². The van der Waals surface area contributed by atoms with Gasteiger partial charge in [0.1, 0.15) is 0 Å². The van der Waals surface area contributed by atoms with Crippen LogP contribution in [0.4, 0.5) is 0 Å². The SMILES string of the molecule is CN(CCCN)S(=O)(=O)N(C)CCN1CCCC1. The molecule has 0 radical (unpaired) electrons. The van der Waals surface area contributed by atoms with Gasteiger partial charge in [0.05, 0.1) is 0 Å². The molecule has 1 aliphatic rings. The van der Waals surface area contributed by atoms with E-state index in [1.165, 1.54) is 21.5 Å². The van der Waals surface area contributed by atoms with Crippen LogP contribution >= 0.6 is 0 Å². The minimum absolute atomic E-state index is 0.479. The molecule has 0 bridgehead atoms. The van der Waals surface area contributed by atoms with Gasteiger partial charge in [0.2, 0.25) is 0 Å². The number of nitrogens with zero attached hydrogens (tertiary/aromatic N) is 3. The van der Waals surface area contributed by atoms with Crippen LogP contribution in [-0.4, -0.2) is 75.3 Å². The lowest BCUT2D eigenvalue weighted by molar-refractivity contribution is 0.300. The average Bonchev–Trinajstić information content (AvgIpc) is 2.85. The lowest BCUT2D eigenvalue weighted by Crippen LogP contribution is -2.43. The van der Waals surface area contributed by atoms with E-state index in [0.717, 1.165) is 19.6 Å². The first-order valence-corrected chi connectivity index (χ1v) is 7.98. The standard InChI is InChI=1S/C11H26N4O2S/c1-13(7-5-6-12)18(16,17)14(2)10-11-15-8-3-4-9-15/h3-12H2,1-2H3. The zero-order valence-corrected chi connectivity index (χ0v) is 12.3. The lowest BCUT2D eigenvalue weighted by Gasteiger charge is -2.26. The Morgan fingerprint density at radius 3 is 2.22 bits per heavy atom. The van der Waals surface area contributed by atoms with Crippen molar-refractivity contribution in [2.24, 2.45) is 5.73 Å². The van der Waals surface area contributed by atoms with E-state index < -0.39 is 10.2 Å². The summed E-state index contributed by atoms with van der Waals surface area (Å²) in [5.41, 5.74) is 5.40. The summed E-state index contributed by atoms with van der Waals surface area (Å²) in [5, 5.41) is 0. The lowest BCUT2D eigenvalue weighted by atomic mass is 10.4. The van der Waals surface area contributed by atoms with E-state index in [1.807, 2.05) is 0 Å². The van der Waals surface area contributed by atoms with Crippen molar-refractivity contribution >= 4 is 10.2 Å². The Morgan fingerprint density at radius 2 is 1.67 bits per heavy atom. The Morgan fingerprint density at radius 1 is 1.11 bits per heavy atom. The number of hydrogen-bond donors (Lipinski definition) is 1. The number of likely N-dealkylation sites (N-methyl/N-ethyl adjacent to an activating group) is 1. The number of likely N-dealkylation sites (tertiary alicyclic amines) is 1. The first-order valence-electron chi connectivity index (χ1n) is 6.58. The summed E-state index contributed by atoms with van der Waals surface area (Å²) in [6.45, 7) is 4.55. The van der Waals surface area contributed by atoms with Crippen LogP contribution in [0.5, 0.6) is 0 Å². The van der Waals surface area contributed by atoms with Crippen LogP contribution in [0.1, 0.15) is 19.3 Å². The highest BCUT2D eigenvalue weighted by Crippen LogP contribution is 2.09. The molecule has 0 amide bonds. The maximum absolute atomic E-state index is 12.1. The van der Waals surface area contributed by atoms with E-state index in [1.54, 1.807) is 14.1 Å². The molecule has 0 unspecified atom stereocenters. The van der Waals surface area contributed by atoms with E-state index in [-0.39, 0.29) is 0 Å². The van der Waals surface area contributed by atoms with Gasteiger partial charge in [0.15, 0.2) is 0 Å². The fourth-order valence-corrected chi connectivity index (χ4v) is 3.22. The third kappa shape index (κ3) is 4.47. The minimum atomic E-state index is -3.32. The largest absolute Gasteiger partial charge is 0.330 e. The topological polar surface area (TPSA) is 69.9 Å². The molecule has 0 saturated carbocycles. The van der Waals surface area contributed by atoms with Gasteiger partial charge in [-0.1, -0.05) is 0 Å². The first kappa shape index (κ1) is 15.8. The van der Waals surface area contributed by atoms with E-state index in [0.29, 0.717) is 26.1 Å². The zero-order chi connectivity index (χ0) is 13.6. The molecule has 2 N–H and O–H groups in total. The monoisotopic (exact) mass is 278 g/mol. The zero-order valence-electron chi connectivity index (χ0n) is 11.5. The second-order valence-electron chi connectivity index (χ2n) is 4.84. The molecule has 0 aliphatic carbocycles. The maximum Gasteiger partial charge on any atom is 0.281 e. The predicted octanol–water partition coefficient (Wildman–Crippen LogP) is -0.461. The molecule has 1 heterocycles. The second-order valence-corrected chi connectivity index (χ2v) is 6.98. The molecular weight excluding hydrogens is 252 g/mol. The number of rotatable bonds is 8. The van der Waals surface area contributed by atoms with E-state index in [9.17, 15) is 8.42 Å². The molecule has 0 aromatic heterocycles. The summed E-state index contributed by atoms with van der Waals surface area (Å²) in [5.74, 6) is 0. The molecule has 0 atom stereocenters. The van der Waals surface area contributed by atoms with Crippen molar-refractivity contribution in [2.75, 3.05) is 53.4 Å². The molecule has 6 nitrogen and oxygen atoms in total. The van der Waals surface area contributed by atoms with E-state index in [4.69, 9.17) is 5.73 Å². The third-order valence-electron chi connectivity index (χ3n) is 3.39. The van der Waals surface area contributed by atoms with Gasteiger partial charge in [-0.15, -0.1) is 0 Å². The summed E-state index contributed by atoms with van der Waals surface area (Å²) in [4.78, 5) is 2.31. The van der Waals surface area contributed by atoms with Gasteiger partial charge in [-0.2, -0.15) is 17.0 Å². The van der Waals surface area contributed by atoms with Gasteiger partial charge >= 0.3 is 0 Å². The van der Waals surface area contributed by atoms with Crippen LogP contribution in [0.25, 0.3) is 0 Å². The van der Waals surface area contributed by atoms with Crippen LogP contribution < -0.4 is 5.73 Å². The fourth-order valence-electron chi connectivity index (χ4n) is 2.07. The molecule has 0 spiro atoms. The third-order valence-corrected chi connectivity index (χ3v) is 5.34. The van der Waals surface area contributed by atoms with Crippen molar-refractivity contribution in [1.82, 2.24) is 13.5 Å². The molecule has 18 heavy (non-hydrogen) atoms. The van der Waals surface area contributed by atoms with E-state index in [2.05, 4.69) is 4.90 Å². The van der Waals surface area contributed by atoms with Crippen molar-refractivity contribution in [3.63, 3.8) is 0 Å². The molecule has 1 aliphatic heterocycles. The Kier molecular flexibility index (Phi) is 6.51. The highest BCUT2D eigenvalue weighted by molar-refractivity contribution is 7.86. The number of nitrogens with two attached hydrogens (primary N) is 1. The summed E-state index contributed by atoms with van der Waals surface area (Å²) >= 11 is 0. The molecular formula is C11H26N4O2S. The second kappa shape index (κ2) is 7.40. The van der Waals surface area contributed by atoms with Gasteiger partial charge in [-0.25, -0.2) is 0 Å². The van der Waals surface area contributed by atoms with Gasteiger partial charge < -0.3 is 10.6 Å². The summed E-state index contributed by atoms with van der Waals surface area (Å²) in [6, 6.07) is 0. The smallest absolute Gasteiger partial charge is 0.281 e. The molecule has 0 aromatic carbocycles. The maximum atomic E-state index is 12.1. The minimum Gasteiger partial charge on any atom is -0.330 e. The van der Waals surface area contributed by atoms with Crippen molar-refractivity contribution in [3.8, 4) is 0 Å². The van der Waals surface area contributed by atoms with Gasteiger partial charge in [0, 0.05) is 33.7 Å². The quantitative estimate of drug-likeness (QED) is 0.652. The van der Waals surface area contributed by atoms with Crippen LogP contribution in [0.15, 0.2) is 0 Å². The molecule has 0 aromatic rings. The normalized spacial score (nSPS) is 18.1. The highest BCUT2D eigenvalue weighted by atomic mass is 32.2. The molecule has 1 rings (SSSR count). The molecule has 7 heteroatoms. The van der Waals surface area contributed by atoms with Crippen molar-refractivity contribution in [1.29, 1.82) is 0 Å². The molecule has 1 saturated heterocycles. The average molecular weight is 278 g/mol. The van der Waals surface area contributed by atoms with Crippen LogP contribution in [0.3, 0.4) is 0 Å². The fraction of sp³-hybridized carbons (Fsp3) is 1.00. The van der Waals surface area contributed by atoms with Crippen molar-refractivity contribution in [2.45, 2.75) is 19.3 Å². The summed E-state index contributed by atoms with van der Waals surface area (Å²) < 4.78 is 27.1. The Labute approximate surface area is 111 Å². The van der Waals surface area contributed by atoms with Crippen LogP contribution in [-0.2, 0) is 10.2 Å². The number of hydrogen-bond acceptors (Lipinski definition) is 4. The van der Waals surface area contributed by atoms with Crippen molar-refractivity contribution in [3.05, 3.63) is 0 Å². The Hall–Kier alpha value is -0.210. The molecule has 108 valence electrons. The highest BCUT2D eigenvalue weighted by Gasteiger charge is 2.23. The Balaban J connectivity index is 2.39. The van der Waals surface area contributed by atoms with Crippen LogP contribution in [0, 0.1) is 0 Å². The van der Waals surface area contributed by atoms with Crippen LogP contribution in [0.2, 0.25) is 0 Å². The van der Waals surface area contributed by atoms with E-state index >= 15 is 0 Å². The predicted molar refractivity (Wildman–Crippen MR) is 73.5 cm³/mol. The summed E-state index contributed by atoms with van der Waals surface area (Å²) in [6.07, 6.45) is 3.15. The molecule has 1 fully saturated rings. The van der Waals surface area contributed by atoms with Crippen molar-refractivity contribution < 1.29 is 8.42 Å². The summed E-state index contributed by atoms with van der Waals surface area (Å²) in [7, 11) is -0.0668. The Bertz CT molecular complexity index is 328. The van der Waals surface area contributed by atoms with Gasteiger partial charge in [-0.05, 0) is 38.9 Å². The first-order chi connectivity index (χ1) is 8.48. The van der Waals surface area contributed by atoms with Gasteiger partial charge in [-0.3, -0.25) is 0 Å².